The van der Waals surface area contributed by atoms with Crippen LogP contribution in [-0.2, 0) is 24.1 Å². The Morgan fingerprint density at radius 3 is 2.05 bits per heavy atom. The predicted molar refractivity (Wildman–Crippen MR) is 140 cm³/mol. The highest BCUT2D eigenvalue weighted by Crippen LogP contribution is 2.55. The van der Waals surface area contributed by atoms with Gasteiger partial charge >= 0.3 is 5.97 Å². The van der Waals surface area contributed by atoms with E-state index in [1.807, 2.05) is 60.7 Å². The van der Waals surface area contributed by atoms with Crippen molar-refractivity contribution >= 4 is 27.4 Å². The van der Waals surface area contributed by atoms with Crippen LogP contribution in [0.1, 0.15) is 60.5 Å². The Kier molecular flexibility index (Phi) is 7.16. The molecule has 37 heavy (non-hydrogen) atoms. The molecule has 0 radical (unpaired) electrons. The average molecular weight is 541 g/mol. The van der Waals surface area contributed by atoms with Gasteiger partial charge in [0.05, 0.1) is 15.8 Å². The summed E-state index contributed by atoms with van der Waals surface area (Å²) in [6.07, 6.45) is 2.95. The van der Waals surface area contributed by atoms with Gasteiger partial charge in [0.1, 0.15) is 12.2 Å². The van der Waals surface area contributed by atoms with Gasteiger partial charge in [-0.25, -0.2) is 8.42 Å². The molecule has 4 unspecified atom stereocenters. The van der Waals surface area contributed by atoms with E-state index in [4.69, 9.17) is 21.1 Å². The number of carbonyl (C=O) groups is 1. The zero-order chi connectivity index (χ0) is 26.2. The number of sulfone groups is 1. The number of ether oxygens (including phenoxy) is 2. The molecule has 1 aliphatic carbocycles. The zero-order valence-corrected chi connectivity index (χ0v) is 22.0. The molecule has 5 rings (SSSR count). The summed E-state index contributed by atoms with van der Waals surface area (Å²) in [4.78, 5) is 12.2. The third-order valence-electron chi connectivity index (χ3n) is 7.37. The van der Waals surface area contributed by atoms with E-state index in [0.29, 0.717) is 24.8 Å². The fourth-order valence-electron chi connectivity index (χ4n) is 5.62. The highest BCUT2D eigenvalue weighted by Gasteiger charge is 2.52. The number of hydrogen-bond acceptors (Lipinski definition) is 5. The minimum absolute atomic E-state index is 0.00598. The van der Waals surface area contributed by atoms with Gasteiger partial charge in [0.15, 0.2) is 15.6 Å². The molecule has 6 nitrogen and oxygen atoms in total. The van der Waals surface area contributed by atoms with Gasteiger partial charge in [-0.1, -0.05) is 78.3 Å². The summed E-state index contributed by atoms with van der Waals surface area (Å²) >= 11 is 6.21. The van der Waals surface area contributed by atoms with E-state index >= 15 is 0 Å². The first kappa shape index (κ1) is 25.9. The number of carboxylic acid groups (broad SMARTS) is 1. The number of aliphatic carboxylic acids is 1. The highest BCUT2D eigenvalue weighted by molar-refractivity contribution is 7.90. The molecule has 1 saturated carbocycles. The Hall–Kier alpha value is -2.71. The molecule has 1 spiro atoms. The van der Waals surface area contributed by atoms with E-state index < -0.39 is 27.5 Å². The Labute approximate surface area is 222 Å². The number of rotatable bonds is 7. The van der Waals surface area contributed by atoms with Crippen LogP contribution >= 0.6 is 11.6 Å². The van der Waals surface area contributed by atoms with E-state index in [9.17, 15) is 18.3 Å². The molecule has 2 fully saturated rings. The van der Waals surface area contributed by atoms with Gasteiger partial charge in [-0.05, 0) is 47.6 Å². The van der Waals surface area contributed by atoms with Gasteiger partial charge in [0.2, 0.25) is 0 Å². The van der Waals surface area contributed by atoms with Gasteiger partial charge < -0.3 is 14.6 Å². The Morgan fingerprint density at radius 2 is 1.57 bits per heavy atom. The van der Waals surface area contributed by atoms with Crippen molar-refractivity contribution in [2.45, 2.75) is 54.5 Å². The number of carboxylic acids is 1. The largest absolute Gasteiger partial charge is 0.481 e. The molecule has 0 aromatic heterocycles. The lowest BCUT2D eigenvalue weighted by Gasteiger charge is -2.24. The minimum Gasteiger partial charge on any atom is -0.481 e. The maximum absolute atomic E-state index is 12.2. The molecule has 1 saturated heterocycles. The third-order valence-corrected chi connectivity index (χ3v) is 8.95. The molecule has 2 aliphatic rings. The van der Waals surface area contributed by atoms with Gasteiger partial charge in [0, 0.05) is 19.1 Å². The van der Waals surface area contributed by atoms with Crippen LogP contribution in [0.2, 0.25) is 5.02 Å². The molecule has 0 bridgehead atoms. The molecular weight excluding hydrogens is 512 g/mol. The van der Waals surface area contributed by atoms with Crippen molar-refractivity contribution in [2.75, 3.05) is 6.26 Å². The summed E-state index contributed by atoms with van der Waals surface area (Å²) in [6.45, 7) is 0. The number of hydrogen-bond donors (Lipinski definition) is 1. The second-order valence-corrected chi connectivity index (χ2v) is 12.4. The Bertz CT molecular complexity index is 1330. The smallest absolute Gasteiger partial charge is 0.310 e. The van der Waals surface area contributed by atoms with Crippen LogP contribution in [0.15, 0.2) is 83.8 Å². The quantitative estimate of drug-likeness (QED) is 0.377. The molecule has 8 heteroatoms. The molecule has 3 aromatic carbocycles. The summed E-state index contributed by atoms with van der Waals surface area (Å²) in [5.41, 5.74) is 2.57. The van der Waals surface area contributed by atoms with E-state index in [-0.39, 0.29) is 28.0 Å². The lowest BCUT2D eigenvalue weighted by atomic mass is 9.88. The molecule has 194 valence electrons. The second-order valence-electron chi connectivity index (χ2n) is 10.0. The van der Waals surface area contributed by atoms with Crippen LogP contribution in [0.4, 0.5) is 0 Å². The summed E-state index contributed by atoms with van der Waals surface area (Å²) in [6, 6.07) is 24.4. The molecule has 5 atom stereocenters. The van der Waals surface area contributed by atoms with Crippen molar-refractivity contribution < 1.29 is 27.8 Å². The van der Waals surface area contributed by atoms with E-state index in [2.05, 4.69) is 0 Å². The van der Waals surface area contributed by atoms with Crippen molar-refractivity contribution in [1.29, 1.82) is 0 Å². The van der Waals surface area contributed by atoms with Crippen LogP contribution in [0, 0.1) is 5.92 Å². The number of benzene rings is 3. The van der Waals surface area contributed by atoms with Crippen molar-refractivity contribution in [3.8, 4) is 0 Å². The van der Waals surface area contributed by atoms with E-state index in [0.717, 1.165) is 23.8 Å². The third kappa shape index (κ3) is 5.46. The van der Waals surface area contributed by atoms with Crippen molar-refractivity contribution in [2.24, 2.45) is 5.92 Å². The maximum atomic E-state index is 12.2. The average Bonchev–Trinajstić information content (AvgIpc) is 3.45. The lowest BCUT2D eigenvalue weighted by molar-refractivity contribution is -0.173. The van der Waals surface area contributed by atoms with Gasteiger partial charge in [0.25, 0.3) is 0 Å². The first-order valence-electron chi connectivity index (χ1n) is 12.3. The monoisotopic (exact) mass is 540 g/mol. The molecule has 1 heterocycles. The zero-order valence-electron chi connectivity index (χ0n) is 20.4. The summed E-state index contributed by atoms with van der Waals surface area (Å²) < 4.78 is 37.2. The van der Waals surface area contributed by atoms with Crippen LogP contribution in [0.3, 0.4) is 0 Å². The molecule has 0 amide bonds. The Morgan fingerprint density at radius 1 is 1.00 bits per heavy atom. The standard InChI is InChI=1S/C29H29ClO6S/c1-37(33,34)25-13-12-22(17-24(25)30)23(28(31)32)16-19-14-15-29(18-19)35-26(20-8-4-2-5-9-20)27(36-29)21-10-6-3-7-11-21/h2-13,17,19,23,26-27H,14-16,18H2,1H3,(H,31,32)/t19?,23?,26-,27?,29?/m1/s1. The highest BCUT2D eigenvalue weighted by atomic mass is 35.5. The van der Waals surface area contributed by atoms with Crippen molar-refractivity contribution in [1.82, 2.24) is 0 Å². The molecule has 1 N–H and O–H groups in total. The summed E-state index contributed by atoms with van der Waals surface area (Å²) in [5.74, 6) is -2.52. The molecule has 1 aliphatic heterocycles. The van der Waals surface area contributed by atoms with Crippen molar-refractivity contribution in [3.63, 3.8) is 0 Å². The topological polar surface area (TPSA) is 89.9 Å². The van der Waals surface area contributed by atoms with Gasteiger partial charge in [-0.2, -0.15) is 0 Å². The predicted octanol–water partition coefficient (Wildman–Crippen LogP) is 6.33. The normalized spacial score (nSPS) is 26.4. The SMILES string of the molecule is CS(=O)(=O)c1ccc(C(CC2CCC3(C2)OC(c2ccccc2)[C@@H](c2ccccc2)O3)C(=O)O)cc1Cl. The van der Waals surface area contributed by atoms with Gasteiger partial charge in [-0.3, -0.25) is 4.79 Å². The minimum atomic E-state index is -3.50. The van der Waals surface area contributed by atoms with E-state index in [1.54, 1.807) is 6.07 Å². The second kappa shape index (κ2) is 10.2. The fraction of sp³-hybridized carbons (Fsp3) is 0.345. The van der Waals surface area contributed by atoms with Crippen LogP contribution < -0.4 is 0 Å². The maximum Gasteiger partial charge on any atom is 0.310 e. The van der Waals surface area contributed by atoms with Crippen molar-refractivity contribution in [3.05, 3.63) is 101 Å². The number of halogens is 1. The summed E-state index contributed by atoms with van der Waals surface area (Å²) in [7, 11) is -3.50. The first-order valence-corrected chi connectivity index (χ1v) is 14.6. The van der Waals surface area contributed by atoms with Gasteiger partial charge in [-0.15, -0.1) is 0 Å². The van der Waals surface area contributed by atoms with Crippen LogP contribution in [0.5, 0.6) is 0 Å². The fourth-order valence-corrected chi connectivity index (χ4v) is 6.95. The van der Waals surface area contributed by atoms with E-state index in [1.165, 1.54) is 12.1 Å². The first-order chi connectivity index (χ1) is 17.7. The summed E-state index contributed by atoms with van der Waals surface area (Å²) in [5, 5.41) is 10.1. The van der Waals surface area contributed by atoms with Crippen LogP contribution in [-0.4, -0.2) is 31.5 Å². The van der Waals surface area contributed by atoms with Crippen LogP contribution in [0.25, 0.3) is 0 Å². The molecule has 3 aromatic rings. The lowest BCUT2D eigenvalue weighted by Crippen LogP contribution is -2.27. The Balaban J connectivity index is 1.36. The molecular formula is C29H29ClO6S.